The molecule has 4 rings (SSSR count). The molecule has 2 N–H and O–H groups in total. The van der Waals surface area contributed by atoms with E-state index < -0.39 is 0 Å². The van der Waals surface area contributed by atoms with Gasteiger partial charge in [0.15, 0.2) is 5.82 Å². The fourth-order valence-electron chi connectivity index (χ4n) is 3.51. The molecule has 7 nitrogen and oxygen atoms in total. The minimum Gasteiger partial charge on any atom is -0.494 e. The fourth-order valence-corrected chi connectivity index (χ4v) is 4.61. The van der Waals surface area contributed by atoms with Gasteiger partial charge in [-0.2, -0.15) is 0 Å². The largest absolute Gasteiger partial charge is 0.494 e. The molecule has 0 spiro atoms. The second-order valence-electron chi connectivity index (χ2n) is 7.30. The standard InChI is InChI=1S/C23H27N5O2S/c1-3-5-15-24-22(29)20-19(16-11-13-18(14-12-16)30-4-2)27-28-21(25-26-23(28)31-20)17-9-7-6-8-10-17/h6-14,19-20,27H,3-5,15H2,1-2H3,(H,24,29)/t19-,20-/m1/s1. The molecular formula is C23H27N5O2S. The number of rotatable bonds is 8. The lowest BCUT2D eigenvalue weighted by atomic mass is 10.0. The molecule has 8 heteroatoms. The third-order valence-electron chi connectivity index (χ3n) is 5.11. The highest BCUT2D eigenvalue weighted by Crippen LogP contribution is 2.38. The summed E-state index contributed by atoms with van der Waals surface area (Å²) < 4.78 is 7.46. The molecule has 0 aliphatic carbocycles. The molecule has 0 radical (unpaired) electrons. The number of unbranched alkanes of at least 4 members (excludes halogenated alkanes) is 1. The normalized spacial score (nSPS) is 17.5. The molecule has 2 heterocycles. The van der Waals surface area contributed by atoms with E-state index in [-0.39, 0.29) is 17.2 Å². The van der Waals surface area contributed by atoms with Gasteiger partial charge in [-0.3, -0.25) is 4.79 Å². The third-order valence-corrected chi connectivity index (χ3v) is 6.32. The quantitative estimate of drug-likeness (QED) is 0.518. The van der Waals surface area contributed by atoms with Crippen molar-refractivity contribution in [2.75, 3.05) is 18.6 Å². The van der Waals surface area contributed by atoms with Gasteiger partial charge < -0.3 is 15.5 Å². The molecule has 2 atom stereocenters. The summed E-state index contributed by atoms with van der Waals surface area (Å²) in [5, 5.41) is 12.1. The lowest BCUT2D eigenvalue weighted by Gasteiger charge is -2.33. The van der Waals surface area contributed by atoms with E-state index in [0.717, 1.165) is 35.5 Å². The highest BCUT2D eigenvalue weighted by atomic mass is 32.2. The molecule has 0 saturated heterocycles. The summed E-state index contributed by atoms with van der Waals surface area (Å²) >= 11 is 1.44. The summed E-state index contributed by atoms with van der Waals surface area (Å²) in [6.45, 7) is 5.36. The Morgan fingerprint density at radius 2 is 1.90 bits per heavy atom. The second-order valence-corrected chi connectivity index (χ2v) is 8.41. The van der Waals surface area contributed by atoms with Crippen LogP contribution in [0.25, 0.3) is 11.4 Å². The van der Waals surface area contributed by atoms with E-state index in [9.17, 15) is 4.79 Å². The molecule has 0 saturated carbocycles. The molecule has 1 amide bonds. The first-order valence-electron chi connectivity index (χ1n) is 10.7. The van der Waals surface area contributed by atoms with Crippen LogP contribution >= 0.6 is 11.8 Å². The Morgan fingerprint density at radius 3 is 2.61 bits per heavy atom. The number of benzene rings is 2. The van der Waals surface area contributed by atoms with Gasteiger partial charge in [0.05, 0.1) is 12.6 Å². The molecule has 2 aromatic carbocycles. The first-order chi connectivity index (χ1) is 15.2. The summed E-state index contributed by atoms with van der Waals surface area (Å²) in [5.74, 6) is 1.54. The van der Waals surface area contributed by atoms with E-state index in [1.807, 2.05) is 66.2 Å². The SMILES string of the molecule is CCCCNC(=O)[C@@H]1Sc2nnc(-c3ccccc3)n2N[C@@H]1c1ccc(OCC)cc1. The molecule has 0 bridgehead atoms. The maximum absolute atomic E-state index is 13.1. The number of nitrogens with one attached hydrogen (secondary N) is 2. The van der Waals surface area contributed by atoms with E-state index in [1.165, 1.54) is 11.8 Å². The number of carbonyl (C=O) groups is 1. The van der Waals surface area contributed by atoms with Crippen molar-refractivity contribution < 1.29 is 9.53 Å². The van der Waals surface area contributed by atoms with Crippen molar-refractivity contribution in [3.63, 3.8) is 0 Å². The number of nitrogens with zero attached hydrogens (tertiary/aromatic N) is 3. The average Bonchev–Trinajstić information content (AvgIpc) is 3.23. The number of aromatic nitrogens is 3. The number of ether oxygens (including phenoxy) is 1. The Morgan fingerprint density at radius 1 is 1.13 bits per heavy atom. The molecule has 162 valence electrons. The van der Waals surface area contributed by atoms with Crippen LogP contribution in [0.4, 0.5) is 0 Å². The minimum absolute atomic E-state index is 0.000320. The van der Waals surface area contributed by atoms with Crippen LogP contribution in [0, 0.1) is 0 Å². The summed E-state index contributed by atoms with van der Waals surface area (Å²) in [6, 6.07) is 17.6. The Balaban J connectivity index is 1.66. The van der Waals surface area contributed by atoms with Crippen LogP contribution in [0.2, 0.25) is 0 Å². The van der Waals surface area contributed by atoms with Gasteiger partial charge in [-0.15, -0.1) is 10.2 Å². The van der Waals surface area contributed by atoms with Gasteiger partial charge in [-0.1, -0.05) is 67.6 Å². The summed E-state index contributed by atoms with van der Waals surface area (Å²) in [7, 11) is 0. The molecule has 1 aliphatic rings. The molecule has 1 aromatic heterocycles. The molecule has 31 heavy (non-hydrogen) atoms. The van der Waals surface area contributed by atoms with Crippen molar-refractivity contribution in [3.8, 4) is 17.1 Å². The Hall–Kier alpha value is -3.00. The highest BCUT2D eigenvalue weighted by molar-refractivity contribution is 8.00. The zero-order valence-electron chi connectivity index (χ0n) is 17.7. The van der Waals surface area contributed by atoms with E-state index >= 15 is 0 Å². The van der Waals surface area contributed by atoms with Gasteiger partial charge >= 0.3 is 0 Å². The van der Waals surface area contributed by atoms with Gasteiger partial charge in [0.2, 0.25) is 11.1 Å². The Kier molecular flexibility index (Phi) is 6.76. The summed E-state index contributed by atoms with van der Waals surface area (Å²) in [4.78, 5) is 13.1. The van der Waals surface area contributed by atoms with Crippen LogP contribution in [0.1, 0.15) is 38.3 Å². The van der Waals surface area contributed by atoms with Crippen molar-refractivity contribution in [2.45, 2.75) is 43.1 Å². The van der Waals surface area contributed by atoms with Crippen LogP contribution in [0.15, 0.2) is 59.8 Å². The molecule has 1 aliphatic heterocycles. The Bertz CT molecular complexity index is 1010. The van der Waals surface area contributed by atoms with Gasteiger partial charge in [0.1, 0.15) is 11.0 Å². The van der Waals surface area contributed by atoms with Crippen molar-refractivity contribution in [3.05, 3.63) is 60.2 Å². The second kappa shape index (κ2) is 9.87. The van der Waals surface area contributed by atoms with Crippen molar-refractivity contribution in [1.29, 1.82) is 0 Å². The number of amides is 1. The third kappa shape index (κ3) is 4.69. The minimum atomic E-state index is -0.366. The van der Waals surface area contributed by atoms with E-state index in [1.54, 1.807) is 0 Å². The zero-order chi connectivity index (χ0) is 21.6. The zero-order valence-corrected chi connectivity index (χ0v) is 18.6. The Labute approximate surface area is 186 Å². The van der Waals surface area contributed by atoms with Gasteiger partial charge in [0.25, 0.3) is 0 Å². The van der Waals surface area contributed by atoms with E-state index in [2.05, 4.69) is 27.9 Å². The van der Waals surface area contributed by atoms with E-state index in [0.29, 0.717) is 18.3 Å². The topological polar surface area (TPSA) is 81.1 Å². The maximum Gasteiger partial charge on any atom is 0.236 e. The monoisotopic (exact) mass is 437 g/mol. The van der Waals surface area contributed by atoms with Crippen LogP contribution in [0.3, 0.4) is 0 Å². The van der Waals surface area contributed by atoms with Crippen molar-refractivity contribution >= 4 is 17.7 Å². The van der Waals surface area contributed by atoms with Gasteiger partial charge in [0, 0.05) is 12.1 Å². The first kappa shape index (κ1) is 21.2. The van der Waals surface area contributed by atoms with Crippen LogP contribution in [-0.2, 0) is 4.79 Å². The first-order valence-corrected chi connectivity index (χ1v) is 11.5. The number of hydrogen-bond acceptors (Lipinski definition) is 6. The van der Waals surface area contributed by atoms with Gasteiger partial charge in [-0.05, 0) is 31.0 Å². The smallest absolute Gasteiger partial charge is 0.236 e. The highest BCUT2D eigenvalue weighted by Gasteiger charge is 2.37. The van der Waals surface area contributed by atoms with Crippen LogP contribution in [-0.4, -0.2) is 39.2 Å². The number of hydrogen-bond donors (Lipinski definition) is 2. The predicted molar refractivity (Wildman–Crippen MR) is 123 cm³/mol. The van der Waals surface area contributed by atoms with Gasteiger partial charge in [-0.25, -0.2) is 4.68 Å². The maximum atomic E-state index is 13.1. The summed E-state index contributed by atoms with van der Waals surface area (Å²) in [5.41, 5.74) is 5.47. The van der Waals surface area contributed by atoms with Crippen molar-refractivity contribution in [1.82, 2.24) is 20.2 Å². The van der Waals surface area contributed by atoms with Crippen LogP contribution in [0.5, 0.6) is 5.75 Å². The number of fused-ring (bicyclic) bond motifs is 1. The van der Waals surface area contributed by atoms with Crippen molar-refractivity contribution in [2.24, 2.45) is 0 Å². The molecule has 3 aromatic rings. The number of carbonyl (C=O) groups excluding carboxylic acids is 1. The lowest BCUT2D eigenvalue weighted by Crippen LogP contribution is -2.44. The summed E-state index contributed by atoms with van der Waals surface area (Å²) in [6.07, 6.45) is 1.99. The molecule has 0 unspecified atom stereocenters. The van der Waals surface area contributed by atoms with E-state index in [4.69, 9.17) is 4.74 Å². The average molecular weight is 438 g/mol. The molecule has 0 fully saturated rings. The number of thioether (sulfide) groups is 1. The lowest BCUT2D eigenvalue weighted by molar-refractivity contribution is -0.120. The van der Waals surface area contributed by atoms with Crippen LogP contribution < -0.4 is 15.5 Å². The predicted octanol–water partition coefficient (Wildman–Crippen LogP) is 4.02. The fraction of sp³-hybridized carbons (Fsp3) is 0.348. The molecular weight excluding hydrogens is 410 g/mol.